The maximum Gasteiger partial charge on any atom is 0.528 e. The van der Waals surface area contributed by atoms with Crippen LogP contribution in [0, 0.1) is 5.92 Å². The van der Waals surface area contributed by atoms with Crippen molar-refractivity contribution in [1.29, 1.82) is 0 Å². The van der Waals surface area contributed by atoms with Crippen molar-refractivity contribution in [2.75, 3.05) is 13.1 Å². The van der Waals surface area contributed by atoms with Crippen molar-refractivity contribution >= 4 is 31.0 Å². The van der Waals surface area contributed by atoms with Crippen LogP contribution in [0.5, 0.6) is 0 Å². The smallest absolute Gasteiger partial charge is 0.528 e. The van der Waals surface area contributed by atoms with Crippen molar-refractivity contribution in [3.8, 4) is 0 Å². The number of nitrogens with zero attached hydrogens (tertiary/aromatic N) is 1. The summed E-state index contributed by atoms with van der Waals surface area (Å²) in [5.74, 6) is -5.37. The first-order chi connectivity index (χ1) is 12.1. The van der Waals surface area contributed by atoms with E-state index in [1.165, 1.54) is 0 Å². The standard InChI is InChI=1S/C14H20BN2O9.V/c16-14(12(23)24)7-17-6-8(14)2-1-3-15-25-10(20)5-13(26-15,11(21)22)4-9(18)19;/h8H,1-7,16H2,(H,18,19)(H,21,22)(H,23,24);/q-1;. The summed E-state index contributed by atoms with van der Waals surface area (Å²) in [5.41, 5.74) is 2.25. The van der Waals surface area contributed by atoms with E-state index in [1.807, 2.05) is 0 Å². The van der Waals surface area contributed by atoms with Crippen LogP contribution in [0.3, 0.4) is 0 Å². The molecule has 11 nitrogen and oxygen atoms in total. The number of nitrogens with two attached hydrogens (primary N) is 1. The normalized spacial score (nSPS) is 30.3. The first-order valence-corrected chi connectivity index (χ1v) is 8.07. The van der Waals surface area contributed by atoms with E-state index in [2.05, 4.69) is 5.32 Å². The summed E-state index contributed by atoms with van der Waals surface area (Å²) >= 11 is 0. The van der Waals surface area contributed by atoms with Gasteiger partial charge in [0, 0.05) is 18.6 Å². The maximum atomic E-state index is 11.7. The number of carboxylic acids is 3. The van der Waals surface area contributed by atoms with Crippen LogP contribution in [-0.2, 0) is 47.0 Å². The van der Waals surface area contributed by atoms with Gasteiger partial charge in [0.15, 0.2) is 5.60 Å². The van der Waals surface area contributed by atoms with E-state index in [4.69, 9.17) is 20.1 Å². The van der Waals surface area contributed by atoms with E-state index < -0.39 is 60.9 Å². The fourth-order valence-electron chi connectivity index (χ4n) is 3.23. The van der Waals surface area contributed by atoms with Crippen molar-refractivity contribution in [2.24, 2.45) is 11.7 Å². The van der Waals surface area contributed by atoms with Gasteiger partial charge in [0.05, 0.1) is 18.4 Å². The van der Waals surface area contributed by atoms with Crippen LogP contribution in [-0.4, -0.2) is 70.5 Å². The predicted octanol–water partition coefficient (Wildman–Crippen LogP) is -0.700. The molecule has 0 amide bonds. The van der Waals surface area contributed by atoms with E-state index in [-0.39, 0.29) is 31.4 Å². The number of hydrogen-bond donors (Lipinski definition) is 4. The van der Waals surface area contributed by atoms with Gasteiger partial charge < -0.3 is 35.7 Å². The Kier molecular flexibility index (Phi) is 7.87. The SMILES string of the molecule is NC1(C(=O)O)C[N-]CC1CCCB1OC(=O)CC(CC(=O)O)(C(=O)O)O1.[V]. The summed E-state index contributed by atoms with van der Waals surface area (Å²) in [4.78, 5) is 45.4. The molecule has 0 aromatic carbocycles. The molecule has 2 rings (SSSR count). The molecular weight excluding hydrogens is 402 g/mol. The van der Waals surface area contributed by atoms with Crippen molar-refractivity contribution in [1.82, 2.24) is 0 Å². The molecule has 27 heavy (non-hydrogen) atoms. The van der Waals surface area contributed by atoms with E-state index in [0.717, 1.165) is 0 Å². The van der Waals surface area contributed by atoms with Crippen molar-refractivity contribution in [3.63, 3.8) is 0 Å². The molecule has 1 radical (unpaired) electrons. The van der Waals surface area contributed by atoms with Gasteiger partial charge in [-0.05, 0) is 12.2 Å². The molecule has 2 saturated heterocycles. The van der Waals surface area contributed by atoms with E-state index in [0.29, 0.717) is 19.4 Å². The van der Waals surface area contributed by atoms with Crippen LogP contribution in [0.1, 0.15) is 25.7 Å². The minimum Gasteiger partial charge on any atom is -0.660 e. The maximum absolute atomic E-state index is 11.7. The van der Waals surface area contributed by atoms with Crippen LogP contribution >= 0.6 is 0 Å². The third-order valence-corrected chi connectivity index (χ3v) is 4.72. The second-order valence-corrected chi connectivity index (χ2v) is 6.62. The van der Waals surface area contributed by atoms with Crippen molar-refractivity contribution in [2.45, 2.75) is 43.1 Å². The van der Waals surface area contributed by atoms with E-state index in [1.54, 1.807) is 0 Å². The molecule has 0 bridgehead atoms. The van der Waals surface area contributed by atoms with Gasteiger partial charge in [0.1, 0.15) is 0 Å². The molecule has 0 spiro atoms. The molecular formula is C14H20BN2O9V-. The Balaban J connectivity index is 0.00000364. The Hall–Kier alpha value is -1.59. The average Bonchev–Trinajstić information content (AvgIpc) is 2.88. The van der Waals surface area contributed by atoms with Crippen LogP contribution in [0.25, 0.3) is 5.32 Å². The van der Waals surface area contributed by atoms with Crippen molar-refractivity contribution in [3.05, 3.63) is 5.32 Å². The second-order valence-electron chi connectivity index (χ2n) is 6.62. The molecule has 0 aliphatic carbocycles. The van der Waals surface area contributed by atoms with Crippen LogP contribution in [0.15, 0.2) is 0 Å². The number of carboxylic acid groups (broad SMARTS) is 3. The molecule has 0 aromatic rings. The summed E-state index contributed by atoms with van der Waals surface area (Å²) in [7, 11) is -1.22. The van der Waals surface area contributed by atoms with Crippen LogP contribution < -0.4 is 5.73 Å². The van der Waals surface area contributed by atoms with Gasteiger partial charge in [-0.2, -0.15) is 0 Å². The third-order valence-electron chi connectivity index (χ3n) is 4.72. The predicted molar refractivity (Wildman–Crippen MR) is 85.3 cm³/mol. The molecule has 2 heterocycles. The Morgan fingerprint density at radius 3 is 2.48 bits per heavy atom. The fourth-order valence-corrected chi connectivity index (χ4v) is 3.23. The number of hydrogen-bond acceptors (Lipinski definition) is 7. The molecule has 3 unspecified atom stereocenters. The van der Waals surface area contributed by atoms with Gasteiger partial charge >= 0.3 is 25.0 Å². The Morgan fingerprint density at radius 1 is 1.26 bits per heavy atom. The van der Waals surface area contributed by atoms with Gasteiger partial charge in [-0.25, -0.2) is 4.79 Å². The molecule has 3 atom stereocenters. The molecule has 2 aliphatic heterocycles. The largest absolute Gasteiger partial charge is 0.660 e. The summed E-state index contributed by atoms with van der Waals surface area (Å²) in [6, 6.07) is 0. The second kappa shape index (κ2) is 9.07. The number of rotatable bonds is 8. The summed E-state index contributed by atoms with van der Waals surface area (Å²) < 4.78 is 10.2. The Labute approximate surface area is 167 Å². The Bertz CT molecular complexity index is 617. The van der Waals surface area contributed by atoms with Gasteiger partial charge in [-0.15, -0.1) is 13.1 Å². The molecule has 0 aromatic heterocycles. The van der Waals surface area contributed by atoms with Gasteiger partial charge in [0.25, 0.3) is 5.97 Å². The van der Waals surface area contributed by atoms with Gasteiger partial charge in [-0.1, -0.05) is 12.8 Å². The van der Waals surface area contributed by atoms with Crippen molar-refractivity contribution < 1.29 is 62.4 Å². The first kappa shape index (κ1) is 23.4. The molecule has 13 heteroatoms. The van der Waals surface area contributed by atoms with E-state index >= 15 is 0 Å². The van der Waals surface area contributed by atoms with Gasteiger partial charge in [0.2, 0.25) is 0 Å². The quantitative estimate of drug-likeness (QED) is 0.364. The summed E-state index contributed by atoms with van der Waals surface area (Å²) in [6.45, 7) is 0.314. The molecule has 149 valence electrons. The van der Waals surface area contributed by atoms with Crippen LogP contribution in [0.2, 0.25) is 6.32 Å². The van der Waals surface area contributed by atoms with Crippen LogP contribution in [0.4, 0.5) is 0 Å². The molecule has 2 fully saturated rings. The topological polar surface area (TPSA) is 188 Å². The minimum absolute atomic E-state index is 0. The Morgan fingerprint density at radius 2 is 1.93 bits per heavy atom. The summed E-state index contributed by atoms with van der Waals surface area (Å²) in [6.07, 6.45) is -0.777. The number of carbonyl (C=O) groups is 4. The molecule has 2 aliphatic rings. The summed E-state index contributed by atoms with van der Waals surface area (Å²) in [5, 5.41) is 31.5. The number of carbonyl (C=O) groups excluding carboxylic acids is 1. The minimum atomic E-state index is -2.17. The fraction of sp³-hybridized carbons (Fsp3) is 0.714. The molecule has 0 saturated carbocycles. The first-order valence-electron chi connectivity index (χ1n) is 8.07. The number of aliphatic carboxylic acids is 3. The zero-order chi connectivity index (χ0) is 19.5. The van der Waals surface area contributed by atoms with E-state index in [9.17, 15) is 29.4 Å². The zero-order valence-electron chi connectivity index (χ0n) is 14.4. The average molecular weight is 422 g/mol. The monoisotopic (exact) mass is 422 g/mol. The zero-order valence-corrected chi connectivity index (χ0v) is 15.8. The third kappa shape index (κ3) is 5.23. The van der Waals surface area contributed by atoms with Gasteiger partial charge in [-0.3, -0.25) is 14.4 Å². The molecule has 5 N–H and O–H groups in total.